The molecule has 0 bridgehead atoms. The van der Waals surface area contributed by atoms with E-state index in [-0.39, 0.29) is 0 Å². The second-order valence-corrected chi connectivity index (χ2v) is 2.62. The fourth-order valence-electron chi connectivity index (χ4n) is 1.03. The molecule has 0 aromatic heterocycles. The molecule has 0 aliphatic carbocycles. The summed E-state index contributed by atoms with van der Waals surface area (Å²) in [6.07, 6.45) is 0. The number of rotatable bonds is 2. The Bertz CT molecular complexity index is 323. The summed E-state index contributed by atoms with van der Waals surface area (Å²) in [6.45, 7) is 1.78. The van der Waals surface area contributed by atoms with E-state index in [9.17, 15) is 4.79 Å². The van der Waals surface area contributed by atoms with Crippen LogP contribution in [-0.4, -0.2) is 18.2 Å². The van der Waals surface area contributed by atoms with E-state index in [1.54, 1.807) is 30.6 Å². The highest BCUT2D eigenvalue weighted by atomic mass is 16.5. The number of nitrogens with one attached hydrogen (secondary N) is 1. The maximum atomic E-state index is 11.1. The van der Waals surface area contributed by atoms with E-state index in [1.165, 1.54) is 7.11 Å². The third kappa shape index (κ3) is 1.97. The van der Waals surface area contributed by atoms with Crippen LogP contribution in [-0.2, 0) is 0 Å². The van der Waals surface area contributed by atoms with E-state index in [0.29, 0.717) is 11.3 Å². The number of carbonyl (C=O) groups is 1. The zero-order chi connectivity index (χ0) is 9.84. The third-order valence-electron chi connectivity index (χ3n) is 1.79. The number of hydrogen-bond acceptors (Lipinski definition) is 3. The number of ether oxygens (including phenoxy) is 1. The number of hydroxylamine groups is 1. The van der Waals surface area contributed by atoms with Gasteiger partial charge in [-0.2, -0.15) is 0 Å². The molecule has 4 nitrogen and oxygen atoms in total. The van der Waals surface area contributed by atoms with Gasteiger partial charge >= 0.3 is 0 Å². The van der Waals surface area contributed by atoms with E-state index in [4.69, 9.17) is 9.94 Å². The Morgan fingerprint density at radius 3 is 2.77 bits per heavy atom. The topological polar surface area (TPSA) is 58.6 Å². The molecule has 0 saturated carbocycles. The molecule has 0 aliphatic rings. The van der Waals surface area contributed by atoms with Crippen LogP contribution in [0.2, 0.25) is 0 Å². The highest BCUT2D eigenvalue weighted by molar-refractivity contribution is 5.95. The first kappa shape index (κ1) is 9.54. The van der Waals surface area contributed by atoms with Crippen molar-refractivity contribution in [2.45, 2.75) is 6.92 Å². The van der Waals surface area contributed by atoms with Crippen molar-refractivity contribution in [3.8, 4) is 5.75 Å². The van der Waals surface area contributed by atoms with Crippen LogP contribution in [0.3, 0.4) is 0 Å². The second kappa shape index (κ2) is 3.91. The number of amides is 1. The monoisotopic (exact) mass is 181 g/mol. The minimum absolute atomic E-state index is 0.404. The lowest BCUT2D eigenvalue weighted by Crippen LogP contribution is -2.19. The van der Waals surface area contributed by atoms with Crippen LogP contribution in [0.5, 0.6) is 5.75 Å². The summed E-state index contributed by atoms with van der Waals surface area (Å²) in [4.78, 5) is 11.1. The van der Waals surface area contributed by atoms with Gasteiger partial charge in [-0.15, -0.1) is 0 Å². The molecule has 0 spiro atoms. The van der Waals surface area contributed by atoms with Gasteiger partial charge in [-0.25, -0.2) is 5.48 Å². The van der Waals surface area contributed by atoms with Gasteiger partial charge in [0.1, 0.15) is 5.75 Å². The van der Waals surface area contributed by atoms with Crippen molar-refractivity contribution in [2.24, 2.45) is 0 Å². The van der Waals surface area contributed by atoms with Crippen LogP contribution in [0.1, 0.15) is 15.9 Å². The molecule has 0 aliphatic heterocycles. The first-order chi connectivity index (χ1) is 6.19. The predicted octanol–water partition coefficient (Wildman–Crippen LogP) is 1.12. The van der Waals surface area contributed by atoms with Gasteiger partial charge in [0.2, 0.25) is 0 Å². The largest absolute Gasteiger partial charge is 0.497 e. The summed E-state index contributed by atoms with van der Waals surface area (Å²) in [5.41, 5.74) is 2.77. The summed E-state index contributed by atoms with van der Waals surface area (Å²) in [6, 6.07) is 5.08. The second-order valence-electron chi connectivity index (χ2n) is 2.62. The first-order valence-electron chi connectivity index (χ1n) is 3.78. The fourth-order valence-corrected chi connectivity index (χ4v) is 1.03. The van der Waals surface area contributed by atoms with E-state index in [2.05, 4.69) is 0 Å². The van der Waals surface area contributed by atoms with Gasteiger partial charge in [0.05, 0.1) is 7.11 Å². The summed E-state index contributed by atoms with van der Waals surface area (Å²) in [7, 11) is 1.52. The average molecular weight is 181 g/mol. The first-order valence-corrected chi connectivity index (χ1v) is 3.78. The molecule has 4 heteroatoms. The molecular formula is C9H11NO3. The number of carbonyl (C=O) groups excluding carboxylic acids is 1. The molecule has 1 rings (SSSR count). The van der Waals surface area contributed by atoms with Crippen molar-refractivity contribution < 1.29 is 14.7 Å². The fraction of sp³-hybridized carbons (Fsp3) is 0.222. The summed E-state index contributed by atoms with van der Waals surface area (Å²) in [5, 5.41) is 8.44. The molecule has 1 amide bonds. The lowest BCUT2D eigenvalue weighted by Gasteiger charge is -2.05. The number of benzene rings is 1. The van der Waals surface area contributed by atoms with Crippen LogP contribution in [0.15, 0.2) is 18.2 Å². The zero-order valence-corrected chi connectivity index (χ0v) is 7.50. The van der Waals surface area contributed by atoms with Gasteiger partial charge in [-0.1, -0.05) is 6.07 Å². The van der Waals surface area contributed by atoms with Crippen LogP contribution in [0.4, 0.5) is 0 Å². The zero-order valence-electron chi connectivity index (χ0n) is 7.50. The quantitative estimate of drug-likeness (QED) is 0.531. The molecule has 2 N–H and O–H groups in total. The van der Waals surface area contributed by atoms with Gasteiger partial charge in [-0.05, 0) is 24.6 Å². The van der Waals surface area contributed by atoms with E-state index < -0.39 is 5.91 Å². The Kier molecular flexibility index (Phi) is 2.87. The summed E-state index contributed by atoms with van der Waals surface area (Å²) < 4.78 is 4.94. The molecule has 0 fully saturated rings. The minimum Gasteiger partial charge on any atom is -0.497 e. The third-order valence-corrected chi connectivity index (χ3v) is 1.79. The van der Waals surface area contributed by atoms with Gasteiger partial charge in [0.15, 0.2) is 0 Å². The van der Waals surface area contributed by atoms with Crippen LogP contribution in [0, 0.1) is 6.92 Å². The molecule has 0 saturated heterocycles. The molecule has 0 heterocycles. The SMILES string of the molecule is COc1ccc(C)c(C(=O)NO)c1. The Balaban J connectivity index is 3.11. The number of methoxy groups -OCH3 is 1. The van der Waals surface area contributed by atoms with Crippen LogP contribution in [0.25, 0.3) is 0 Å². The Morgan fingerprint density at radius 1 is 1.54 bits per heavy atom. The number of aryl methyl sites for hydroxylation is 1. The highest BCUT2D eigenvalue weighted by Crippen LogP contribution is 2.16. The normalized spacial score (nSPS) is 9.46. The number of hydrogen-bond donors (Lipinski definition) is 2. The highest BCUT2D eigenvalue weighted by Gasteiger charge is 2.08. The molecule has 1 aromatic rings. The van der Waals surface area contributed by atoms with E-state index >= 15 is 0 Å². The molecule has 0 radical (unpaired) electrons. The van der Waals surface area contributed by atoms with Crippen molar-refractivity contribution in [3.05, 3.63) is 29.3 Å². The van der Waals surface area contributed by atoms with Crippen molar-refractivity contribution in [1.82, 2.24) is 5.48 Å². The minimum atomic E-state index is -0.531. The lowest BCUT2D eigenvalue weighted by molar-refractivity contribution is 0.0705. The Labute approximate surface area is 76.1 Å². The van der Waals surface area contributed by atoms with Crippen LogP contribution >= 0.6 is 0 Å². The lowest BCUT2D eigenvalue weighted by atomic mass is 10.1. The van der Waals surface area contributed by atoms with E-state index in [0.717, 1.165) is 5.56 Å². The molecule has 13 heavy (non-hydrogen) atoms. The average Bonchev–Trinajstić information content (AvgIpc) is 2.17. The molecule has 0 atom stereocenters. The van der Waals surface area contributed by atoms with Gasteiger partial charge in [-0.3, -0.25) is 10.0 Å². The summed E-state index contributed by atoms with van der Waals surface area (Å²) in [5.74, 6) is 0.0561. The maximum Gasteiger partial charge on any atom is 0.275 e. The smallest absolute Gasteiger partial charge is 0.275 e. The Morgan fingerprint density at radius 2 is 2.23 bits per heavy atom. The van der Waals surface area contributed by atoms with E-state index in [1.807, 2.05) is 0 Å². The predicted molar refractivity (Wildman–Crippen MR) is 47.0 cm³/mol. The molecule has 1 aromatic carbocycles. The standard InChI is InChI=1S/C9H11NO3/c1-6-3-4-7(13-2)5-8(6)9(11)10-12/h3-5,12H,1-2H3,(H,10,11). The summed E-state index contributed by atoms with van der Waals surface area (Å²) >= 11 is 0. The van der Waals surface area contributed by atoms with Gasteiger partial charge in [0, 0.05) is 5.56 Å². The van der Waals surface area contributed by atoms with Crippen molar-refractivity contribution in [3.63, 3.8) is 0 Å². The Hall–Kier alpha value is -1.55. The van der Waals surface area contributed by atoms with Gasteiger partial charge < -0.3 is 4.74 Å². The van der Waals surface area contributed by atoms with Gasteiger partial charge in [0.25, 0.3) is 5.91 Å². The van der Waals surface area contributed by atoms with Crippen molar-refractivity contribution >= 4 is 5.91 Å². The van der Waals surface area contributed by atoms with Crippen molar-refractivity contribution in [2.75, 3.05) is 7.11 Å². The van der Waals surface area contributed by atoms with Crippen molar-refractivity contribution in [1.29, 1.82) is 0 Å². The maximum absolute atomic E-state index is 11.1. The molecule has 0 unspecified atom stereocenters. The molecular weight excluding hydrogens is 170 g/mol. The molecule has 70 valence electrons. The van der Waals surface area contributed by atoms with Crippen LogP contribution < -0.4 is 10.2 Å².